The van der Waals surface area contributed by atoms with Crippen molar-refractivity contribution >= 4 is 21.6 Å². The molecule has 0 atom stereocenters. The van der Waals surface area contributed by atoms with E-state index in [2.05, 4.69) is 40.2 Å². The lowest BCUT2D eigenvalue weighted by Gasteiger charge is -2.10. The van der Waals surface area contributed by atoms with Crippen molar-refractivity contribution in [2.45, 2.75) is 58.9 Å². The fraction of sp³-hybridized carbons (Fsp3) is 0.714. The Balaban J connectivity index is 2.56. The molecule has 0 spiro atoms. The first-order valence-corrected chi connectivity index (χ1v) is 7.99. The molecule has 0 aliphatic heterocycles. The SMILES string of the molecule is CCCCCCNc1cnn(CCCC)c(=O)c1Br. The topological polar surface area (TPSA) is 46.9 Å². The van der Waals surface area contributed by atoms with Gasteiger partial charge in [-0.3, -0.25) is 4.79 Å². The fourth-order valence-electron chi connectivity index (χ4n) is 1.83. The summed E-state index contributed by atoms with van der Waals surface area (Å²) in [5, 5.41) is 7.48. The highest BCUT2D eigenvalue weighted by molar-refractivity contribution is 9.10. The van der Waals surface area contributed by atoms with Crippen molar-refractivity contribution in [2.24, 2.45) is 0 Å². The van der Waals surface area contributed by atoms with Crippen LogP contribution in [-0.4, -0.2) is 16.3 Å². The Morgan fingerprint density at radius 2 is 1.95 bits per heavy atom. The molecule has 0 bridgehead atoms. The number of aromatic nitrogens is 2. The third-order valence-corrected chi connectivity index (χ3v) is 3.82. The Labute approximate surface area is 123 Å². The maximum atomic E-state index is 12.0. The predicted octanol–water partition coefficient (Wildman–Crippen LogP) is 3.80. The Morgan fingerprint density at radius 1 is 1.21 bits per heavy atom. The Kier molecular flexibility index (Phi) is 7.79. The van der Waals surface area contributed by atoms with Crippen molar-refractivity contribution in [3.05, 3.63) is 21.0 Å². The molecule has 1 heterocycles. The third kappa shape index (κ3) is 5.35. The second kappa shape index (κ2) is 9.13. The highest BCUT2D eigenvalue weighted by Gasteiger charge is 2.07. The molecule has 0 unspecified atom stereocenters. The summed E-state index contributed by atoms with van der Waals surface area (Å²) < 4.78 is 2.12. The van der Waals surface area contributed by atoms with Gasteiger partial charge in [-0.15, -0.1) is 0 Å². The van der Waals surface area contributed by atoms with Crippen LogP contribution in [-0.2, 0) is 6.54 Å². The molecule has 0 saturated heterocycles. The largest absolute Gasteiger partial charge is 0.383 e. The van der Waals surface area contributed by atoms with Gasteiger partial charge in [-0.25, -0.2) is 4.68 Å². The normalized spacial score (nSPS) is 10.7. The van der Waals surface area contributed by atoms with E-state index in [-0.39, 0.29) is 5.56 Å². The lowest BCUT2D eigenvalue weighted by atomic mass is 10.2. The maximum Gasteiger partial charge on any atom is 0.283 e. The third-order valence-electron chi connectivity index (χ3n) is 3.05. The Morgan fingerprint density at radius 3 is 2.63 bits per heavy atom. The minimum Gasteiger partial charge on any atom is -0.383 e. The number of halogens is 1. The lowest BCUT2D eigenvalue weighted by molar-refractivity contribution is 0.541. The number of unbranched alkanes of at least 4 members (excludes halogenated alkanes) is 4. The van der Waals surface area contributed by atoms with E-state index in [0.717, 1.165) is 31.5 Å². The molecular formula is C14H24BrN3O. The van der Waals surface area contributed by atoms with Gasteiger partial charge in [0.15, 0.2) is 0 Å². The minimum absolute atomic E-state index is 0.0491. The van der Waals surface area contributed by atoms with Gasteiger partial charge in [-0.2, -0.15) is 5.10 Å². The van der Waals surface area contributed by atoms with Crippen LogP contribution in [0.4, 0.5) is 5.69 Å². The maximum absolute atomic E-state index is 12.0. The number of anilines is 1. The van der Waals surface area contributed by atoms with Crippen LogP contribution < -0.4 is 10.9 Å². The van der Waals surface area contributed by atoms with Gasteiger partial charge >= 0.3 is 0 Å². The molecule has 1 aromatic heterocycles. The van der Waals surface area contributed by atoms with Crippen molar-refractivity contribution in [3.63, 3.8) is 0 Å². The highest BCUT2D eigenvalue weighted by atomic mass is 79.9. The van der Waals surface area contributed by atoms with Crippen molar-refractivity contribution in [1.29, 1.82) is 0 Å². The summed E-state index contributed by atoms with van der Waals surface area (Å²) in [4.78, 5) is 12.0. The fourth-order valence-corrected chi connectivity index (χ4v) is 2.28. The van der Waals surface area contributed by atoms with Gasteiger partial charge in [0.25, 0.3) is 5.56 Å². The average Bonchev–Trinajstić information content (AvgIpc) is 2.42. The molecule has 1 aromatic rings. The van der Waals surface area contributed by atoms with Crippen molar-refractivity contribution < 1.29 is 0 Å². The van der Waals surface area contributed by atoms with Gasteiger partial charge in [-0.1, -0.05) is 39.5 Å². The first-order chi connectivity index (χ1) is 9.20. The van der Waals surface area contributed by atoms with E-state index in [9.17, 15) is 4.79 Å². The quantitative estimate of drug-likeness (QED) is 0.701. The molecule has 0 amide bonds. The van der Waals surface area contributed by atoms with Crippen LogP contribution >= 0.6 is 15.9 Å². The first kappa shape index (κ1) is 16.2. The van der Waals surface area contributed by atoms with Crippen LogP contribution in [0.3, 0.4) is 0 Å². The standard InChI is InChI=1S/C14H24BrN3O/c1-3-5-7-8-9-16-12-11-17-18(10-6-4-2)14(19)13(12)15/h11,16H,3-10H2,1-2H3. The minimum atomic E-state index is -0.0491. The summed E-state index contributed by atoms with van der Waals surface area (Å²) in [5.41, 5.74) is 0.751. The van der Waals surface area contributed by atoms with Crippen LogP contribution in [0.2, 0.25) is 0 Å². The zero-order chi connectivity index (χ0) is 14.1. The summed E-state index contributed by atoms with van der Waals surface area (Å²) in [5.74, 6) is 0. The van der Waals surface area contributed by atoms with E-state index < -0.39 is 0 Å². The van der Waals surface area contributed by atoms with Crippen molar-refractivity contribution in [3.8, 4) is 0 Å². The van der Waals surface area contributed by atoms with E-state index in [1.165, 1.54) is 23.9 Å². The molecule has 1 rings (SSSR count). The number of hydrogen-bond donors (Lipinski definition) is 1. The molecule has 19 heavy (non-hydrogen) atoms. The van der Waals surface area contributed by atoms with Crippen LogP contribution in [0.25, 0.3) is 0 Å². The molecule has 0 fully saturated rings. The predicted molar refractivity (Wildman–Crippen MR) is 83.7 cm³/mol. The van der Waals surface area contributed by atoms with Crippen LogP contribution in [0.1, 0.15) is 52.4 Å². The number of hydrogen-bond acceptors (Lipinski definition) is 3. The number of rotatable bonds is 9. The second-order valence-corrected chi connectivity index (χ2v) is 5.53. The lowest BCUT2D eigenvalue weighted by Crippen LogP contribution is -2.24. The summed E-state index contributed by atoms with van der Waals surface area (Å²) >= 11 is 3.37. The number of nitrogens with zero attached hydrogens (tertiary/aromatic N) is 2. The second-order valence-electron chi connectivity index (χ2n) is 4.74. The van der Waals surface area contributed by atoms with Crippen LogP contribution in [0.15, 0.2) is 15.5 Å². The summed E-state index contributed by atoms with van der Waals surface area (Å²) in [7, 11) is 0. The molecule has 0 saturated carbocycles. The molecular weight excluding hydrogens is 306 g/mol. The zero-order valence-corrected chi connectivity index (χ0v) is 13.5. The van der Waals surface area contributed by atoms with E-state index in [1.54, 1.807) is 6.20 Å². The van der Waals surface area contributed by atoms with E-state index in [0.29, 0.717) is 11.0 Å². The van der Waals surface area contributed by atoms with Gasteiger partial charge in [-0.05, 0) is 28.8 Å². The van der Waals surface area contributed by atoms with Gasteiger partial charge in [0.05, 0.1) is 11.9 Å². The van der Waals surface area contributed by atoms with Crippen molar-refractivity contribution in [1.82, 2.24) is 9.78 Å². The molecule has 0 radical (unpaired) electrons. The molecule has 0 aromatic carbocycles. The van der Waals surface area contributed by atoms with E-state index in [4.69, 9.17) is 0 Å². The molecule has 4 nitrogen and oxygen atoms in total. The van der Waals surface area contributed by atoms with E-state index in [1.807, 2.05) is 0 Å². The Hall–Kier alpha value is -0.840. The monoisotopic (exact) mass is 329 g/mol. The van der Waals surface area contributed by atoms with Crippen LogP contribution in [0, 0.1) is 0 Å². The first-order valence-electron chi connectivity index (χ1n) is 7.20. The van der Waals surface area contributed by atoms with E-state index >= 15 is 0 Å². The molecule has 0 aliphatic rings. The summed E-state index contributed by atoms with van der Waals surface area (Å²) in [6.45, 7) is 5.87. The Bertz CT molecular complexity index is 431. The van der Waals surface area contributed by atoms with Crippen LogP contribution in [0.5, 0.6) is 0 Å². The van der Waals surface area contributed by atoms with Gasteiger partial charge in [0, 0.05) is 13.1 Å². The average molecular weight is 330 g/mol. The summed E-state index contributed by atoms with van der Waals surface area (Å²) in [6.07, 6.45) is 8.62. The number of aryl methyl sites for hydroxylation is 1. The van der Waals surface area contributed by atoms with Gasteiger partial charge in [0.1, 0.15) is 4.47 Å². The summed E-state index contributed by atoms with van der Waals surface area (Å²) in [6, 6.07) is 0. The molecule has 5 heteroatoms. The molecule has 1 N–H and O–H groups in total. The van der Waals surface area contributed by atoms with Gasteiger partial charge < -0.3 is 5.32 Å². The smallest absolute Gasteiger partial charge is 0.283 e. The van der Waals surface area contributed by atoms with Crippen molar-refractivity contribution in [2.75, 3.05) is 11.9 Å². The highest BCUT2D eigenvalue weighted by Crippen LogP contribution is 2.16. The molecule has 108 valence electrons. The van der Waals surface area contributed by atoms with Gasteiger partial charge in [0.2, 0.25) is 0 Å². The zero-order valence-electron chi connectivity index (χ0n) is 11.9. The molecule has 0 aliphatic carbocycles. The number of nitrogens with one attached hydrogen (secondary N) is 1.